The normalized spacial score (nSPS) is 12.4. The number of aryl methyl sites for hydroxylation is 1. The van der Waals surface area contributed by atoms with E-state index in [0.717, 1.165) is 0 Å². The van der Waals surface area contributed by atoms with Gasteiger partial charge in [0.25, 0.3) is 5.60 Å². The maximum Gasteiger partial charge on any atom is 0.348 e. The third kappa shape index (κ3) is 3.54. The number of rotatable bonds is 5. The Labute approximate surface area is 110 Å². The van der Waals surface area contributed by atoms with Crippen LogP contribution in [0.5, 0.6) is 0 Å². The zero-order valence-electron chi connectivity index (χ0n) is 11.3. The van der Waals surface area contributed by atoms with E-state index in [0.29, 0.717) is 5.76 Å². The van der Waals surface area contributed by atoms with Crippen molar-refractivity contribution in [3.63, 3.8) is 0 Å². The molecule has 0 saturated heterocycles. The summed E-state index contributed by atoms with van der Waals surface area (Å²) < 4.78 is 10.1. The maximum absolute atomic E-state index is 11.4. The molecule has 0 amide bonds. The summed E-state index contributed by atoms with van der Waals surface area (Å²) in [5.41, 5.74) is -3.11. The predicted molar refractivity (Wildman–Crippen MR) is 63.8 cm³/mol. The van der Waals surface area contributed by atoms with Crippen LogP contribution in [0.4, 0.5) is 0 Å². The van der Waals surface area contributed by atoms with E-state index < -0.39 is 29.6 Å². The molecule has 0 aromatic carbocycles. The molecule has 0 radical (unpaired) electrons. The molecule has 7 heteroatoms. The van der Waals surface area contributed by atoms with E-state index in [4.69, 9.17) is 9.26 Å². The van der Waals surface area contributed by atoms with E-state index in [-0.39, 0.29) is 5.69 Å². The van der Waals surface area contributed by atoms with Gasteiger partial charge in [0.05, 0.1) is 11.3 Å². The average Bonchev–Trinajstić information content (AvgIpc) is 2.60. The van der Waals surface area contributed by atoms with Crippen molar-refractivity contribution in [2.24, 2.45) is 0 Å². The zero-order valence-corrected chi connectivity index (χ0v) is 11.3. The van der Waals surface area contributed by atoms with Crippen LogP contribution in [0.2, 0.25) is 0 Å². The van der Waals surface area contributed by atoms with Crippen LogP contribution in [0, 0.1) is 6.92 Å². The van der Waals surface area contributed by atoms with Gasteiger partial charge in [-0.15, -0.1) is 0 Å². The number of nitrogens with zero attached hydrogens (tertiary/aromatic N) is 1. The van der Waals surface area contributed by atoms with Crippen LogP contribution in [0.15, 0.2) is 10.6 Å². The molecule has 2 N–H and O–H groups in total. The molecule has 7 nitrogen and oxygen atoms in total. The van der Waals surface area contributed by atoms with Crippen LogP contribution in [-0.4, -0.2) is 38.5 Å². The highest BCUT2D eigenvalue weighted by Crippen LogP contribution is 2.25. The van der Waals surface area contributed by atoms with Crippen molar-refractivity contribution in [2.45, 2.75) is 45.3 Å². The van der Waals surface area contributed by atoms with E-state index in [1.54, 1.807) is 27.7 Å². The second kappa shape index (κ2) is 5.00. The molecule has 1 aromatic rings. The highest BCUT2D eigenvalue weighted by Gasteiger charge is 2.51. The topological polar surface area (TPSA) is 110 Å². The smallest absolute Gasteiger partial charge is 0.348 e. The monoisotopic (exact) mass is 271 g/mol. The summed E-state index contributed by atoms with van der Waals surface area (Å²) in [6.07, 6.45) is -0.410. The second-order valence-electron chi connectivity index (χ2n) is 5.26. The third-order valence-corrected chi connectivity index (χ3v) is 2.28. The number of ether oxygens (including phenoxy) is 1. The summed E-state index contributed by atoms with van der Waals surface area (Å²) in [7, 11) is 0. The SMILES string of the molecule is Cc1cc(CC(OC(C)(C)C)(C(=O)O)C(=O)O)no1. The zero-order chi connectivity index (χ0) is 14.8. The molecule has 0 unspecified atom stereocenters. The second-order valence-corrected chi connectivity index (χ2v) is 5.26. The lowest BCUT2D eigenvalue weighted by Crippen LogP contribution is -2.54. The van der Waals surface area contributed by atoms with E-state index >= 15 is 0 Å². The lowest BCUT2D eigenvalue weighted by Gasteiger charge is -2.32. The van der Waals surface area contributed by atoms with Gasteiger partial charge in [-0.25, -0.2) is 9.59 Å². The van der Waals surface area contributed by atoms with E-state index in [9.17, 15) is 19.8 Å². The van der Waals surface area contributed by atoms with Crippen LogP contribution >= 0.6 is 0 Å². The number of carboxylic acids is 2. The fraction of sp³-hybridized carbons (Fsp3) is 0.583. The minimum Gasteiger partial charge on any atom is -0.479 e. The number of carbonyl (C=O) groups is 2. The number of hydrogen-bond acceptors (Lipinski definition) is 5. The van der Waals surface area contributed by atoms with Crippen molar-refractivity contribution < 1.29 is 29.1 Å². The van der Waals surface area contributed by atoms with Crippen molar-refractivity contribution in [3.8, 4) is 0 Å². The Balaban J connectivity index is 3.17. The first-order valence-corrected chi connectivity index (χ1v) is 5.66. The highest BCUT2D eigenvalue weighted by molar-refractivity contribution is 6.02. The molecule has 1 rings (SSSR count). The van der Waals surface area contributed by atoms with Crippen molar-refractivity contribution in [1.82, 2.24) is 5.16 Å². The number of aliphatic carboxylic acids is 2. The summed E-state index contributed by atoms with van der Waals surface area (Å²) >= 11 is 0. The summed E-state index contributed by atoms with van der Waals surface area (Å²) in [4.78, 5) is 22.8. The van der Waals surface area contributed by atoms with Gasteiger partial charge in [0.2, 0.25) is 0 Å². The standard InChI is InChI=1S/C12H17NO6/c1-7-5-8(13-18-7)6-12(9(14)15,10(16)17)19-11(2,3)4/h5H,6H2,1-4H3,(H,14,15)(H,16,17). The predicted octanol–water partition coefficient (Wildman–Crippen LogP) is 1.25. The van der Waals surface area contributed by atoms with Gasteiger partial charge < -0.3 is 19.5 Å². The highest BCUT2D eigenvalue weighted by atomic mass is 16.6. The number of hydrogen-bond donors (Lipinski definition) is 2. The van der Waals surface area contributed by atoms with E-state index in [1.807, 2.05) is 0 Å². The number of carboxylic acid groups (broad SMARTS) is 2. The van der Waals surface area contributed by atoms with Crippen LogP contribution < -0.4 is 0 Å². The Kier molecular flexibility index (Phi) is 4.00. The van der Waals surface area contributed by atoms with Gasteiger partial charge in [-0.2, -0.15) is 0 Å². The Hall–Kier alpha value is -1.89. The summed E-state index contributed by atoms with van der Waals surface area (Å²) in [6, 6.07) is 1.48. The first kappa shape index (κ1) is 15.2. The molecule has 1 heterocycles. The van der Waals surface area contributed by atoms with Crippen molar-refractivity contribution in [2.75, 3.05) is 0 Å². The van der Waals surface area contributed by atoms with Crippen LogP contribution in [0.3, 0.4) is 0 Å². The molecule has 19 heavy (non-hydrogen) atoms. The van der Waals surface area contributed by atoms with Gasteiger partial charge in [0, 0.05) is 12.5 Å². The fourth-order valence-corrected chi connectivity index (χ4v) is 1.65. The molecular formula is C12H17NO6. The van der Waals surface area contributed by atoms with Gasteiger partial charge in [-0.3, -0.25) is 0 Å². The third-order valence-electron chi connectivity index (χ3n) is 2.28. The summed E-state index contributed by atoms with van der Waals surface area (Å²) in [5, 5.41) is 22.1. The van der Waals surface area contributed by atoms with Crippen molar-refractivity contribution in [3.05, 3.63) is 17.5 Å². The Bertz CT molecular complexity index is 471. The lowest BCUT2D eigenvalue weighted by atomic mass is 9.96. The first-order valence-electron chi connectivity index (χ1n) is 5.66. The Morgan fingerprint density at radius 1 is 1.32 bits per heavy atom. The Morgan fingerprint density at radius 2 is 1.84 bits per heavy atom. The molecular weight excluding hydrogens is 254 g/mol. The lowest BCUT2D eigenvalue weighted by molar-refractivity contribution is -0.199. The average molecular weight is 271 g/mol. The van der Waals surface area contributed by atoms with Crippen molar-refractivity contribution >= 4 is 11.9 Å². The molecule has 106 valence electrons. The molecule has 0 spiro atoms. The van der Waals surface area contributed by atoms with Gasteiger partial charge >= 0.3 is 11.9 Å². The summed E-state index contributed by atoms with van der Waals surface area (Å²) in [6.45, 7) is 6.38. The Morgan fingerprint density at radius 3 is 2.16 bits per heavy atom. The largest absolute Gasteiger partial charge is 0.479 e. The maximum atomic E-state index is 11.4. The minimum atomic E-state index is -2.39. The molecule has 0 aliphatic heterocycles. The minimum absolute atomic E-state index is 0.214. The van der Waals surface area contributed by atoms with Crippen LogP contribution in [0.1, 0.15) is 32.2 Å². The van der Waals surface area contributed by atoms with Crippen LogP contribution in [0.25, 0.3) is 0 Å². The molecule has 0 saturated carbocycles. The first-order chi connectivity index (χ1) is 8.57. The van der Waals surface area contributed by atoms with Gasteiger partial charge in [-0.05, 0) is 27.7 Å². The van der Waals surface area contributed by atoms with Crippen LogP contribution in [-0.2, 0) is 20.7 Å². The molecule has 1 aromatic heterocycles. The summed E-state index contributed by atoms with van der Waals surface area (Å²) in [5.74, 6) is -2.68. The molecule has 0 atom stereocenters. The molecule has 0 fully saturated rings. The van der Waals surface area contributed by atoms with Gasteiger partial charge in [-0.1, -0.05) is 5.16 Å². The number of aromatic nitrogens is 1. The molecule has 0 aliphatic rings. The molecule has 0 bridgehead atoms. The quantitative estimate of drug-likeness (QED) is 0.775. The van der Waals surface area contributed by atoms with E-state index in [1.165, 1.54) is 6.07 Å². The van der Waals surface area contributed by atoms with Gasteiger partial charge in [0.15, 0.2) is 0 Å². The fourth-order valence-electron chi connectivity index (χ4n) is 1.65. The van der Waals surface area contributed by atoms with E-state index in [2.05, 4.69) is 5.16 Å². The van der Waals surface area contributed by atoms with Gasteiger partial charge in [0.1, 0.15) is 5.76 Å². The van der Waals surface area contributed by atoms with Crippen molar-refractivity contribution in [1.29, 1.82) is 0 Å². The molecule has 0 aliphatic carbocycles.